The summed E-state index contributed by atoms with van der Waals surface area (Å²) in [6.07, 6.45) is 3.57. The molecule has 2 rings (SSSR count). The molecular weight excluding hydrogens is 479 g/mol. The molecular formula is C22H39IN4O2. The number of rotatable bonds is 11. The number of halogens is 1. The lowest BCUT2D eigenvalue weighted by Gasteiger charge is -2.21. The van der Waals surface area contributed by atoms with Crippen molar-refractivity contribution in [2.24, 2.45) is 10.9 Å². The minimum absolute atomic E-state index is 0. The Hall–Kier alpha value is -1.06. The van der Waals surface area contributed by atoms with E-state index >= 15 is 0 Å². The molecule has 1 aliphatic heterocycles. The third kappa shape index (κ3) is 10.00. The topological polar surface area (TPSA) is 58.1 Å². The van der Waals surface area contributed by atoms with E-state index in [0.717, 1.165) is 36.8 Å². The van der Waals surface area contributed by atoms with Gasteiger partial charge < -0.3 is 25.0 Å². The summed E-state index contributed by atoms with van der Waals surface area (Å²) < 4.78 is 11.1. The van der Waals surface area contributed by atoms with E-state index in [1.807, 2.05) is 7.05 Å². The molecule has 1 aliphatic rings. The number of nitrogens with zero attached hydrogens (tertiary/aromatic N) is 2. The van der Waals surface area contributed by atoms with E-state index in [0.29, 0.717) is 25.7 Å². The summed E-state index contributed by atoms with van der Waals surface area (Å²) in [7, 11) is 3.53. The van der Waals surface area contributed by atoms with Gasteiger partial charge in [-0.25, -0.2) is 0 Å². The second-order valence-electron chi connectivity index (χ2n) is 7.73. The summed E-state index contributed by atoms with van der Waals surface area (Å²) >= 11 is 0. The van der Waals surface area contributed by atoms with E-state index in [9.17, 15) is 0 Å². The molecule has 1 aromatic carbocycles. The summed E-state index contributed by atoms with van der Waals surface area (Å²) in [6, 6.07) is 6.34. The number of aryl methyl sites for hydroxylation is 1. The van der Waals surface area contributed by atoms with E-state index in [1.54, 1.807) is 7.11 Å². The number of guanidine groups is 1. The second kappa shape index (κ2) is 14.8. The summed E-state index contributed by atoms with van der Waals surface area (Å²) in [5, 5.41) is 6.88. The molecule has 166 valence electrons. The van der Waals surface area contributed by atoms with Gasteiger partial charge in [0.05, 0.1) is 6.61 Å². The van der Waals surface area contributed by atoms with Crippen LogP contribution in [0, 0.1) is 12.8 Å². The van der Waals surface area contributed by atoms with Crippen molar-refractivity contribution in [2.45, 2.75) is 39.7 Å². The molecule has 1 unspecified atom stereocenters. The van der Waals surface area contributed by atoms with Gasteiger partial charge in [0.1, 0.15) is 5.75 Å². The van der Waals surface area contributed by atoms with Crippen molar-refractivity contribution in [1.82, 2.24) is 15.5 Å². The molecule has 1 aromatic rings. The van der Waals surface area contributed by atoms with Crippen LogP contribution in [0.2, 0.25) is 0 Å². The molecule has 6 nitrogen and oxygen atoms in total. The standard InChI is InChI=1S/C22H38N4O2.HI/c1-18-8-9-20(21(14-18)28-13-7-12-27-4)16-25-22(23-3)24-15-19(2)17-26-10-5-6-11-26;/h8-9,14,19H,5-7,10-13,15-17H2,1-4H3,(H2,23,24,25);1H. The zero-order valence-corrected chi connectivity index (χ0v) is 20.8. The van der Waals surface area contributed by atoms with Crippen LogP contribution in [0.5, 0.6) is 5.75 Å². The molecule has 1 heterocycles. The first-order valence-electron chi connectivity index (χ1n) is 10.5. The minimum Gasteiger partial charge on any atom is -0.493 e. The van der Waals surface area contributed by atoms with Crippen molar-refractivity contribution in [3.05, 3.63) is 29.3 Å². The Morgan fingerprint density at radius 3 is 2.66 bits per heavy atom. The largest absolute Gasteiger partial charge is 0.493 e. The molecule has 0 aliphatic carbocycles. The molecule has 1 atom stereocenters. The van der Waals surface area contributed by atoms with Crippen LogP contribution in [0.3, 0.4) is 0 Å². The molecule has 0 spiro atoms. The number of benzene rings is 1. The monoisotopic (exact) mass is 518 g/mol. The maximum absolute atomic E-state index is 5.97. The Kier molecular flexibility index (Phi) is 13.3. The van der Waals surface area contributed by atoms with Gasteiger partial charge in [-0.2, -0.15) is 0 Å². The average Bonchev–Trinajstić information content (AvgIpc) is 3.19. The number of ether oxygens (including phenoxy) is 2. The normalized spacial score (nSPS) is 15.7. The van der Waals surface area contributed by atoms with Crippen LogP contribution in [-0.4, -0.2) is 64.4 Å². The maximum atomic E-state index is 5.97. The second-order valence-corrected chi connectivity index (χ2v) is 7.73. The molecule has 0 aromatic heterocycles. The molecule has 0 amide bonds. The van der Waals surface area contributed by atoms with Crippen LogP contribution in [0.15, 0.2) is 23.2 Å². The number of hydrogen-bond acceptors (Lipinski definition) is 4. The van der Waals surface area contributed by atoms with E-state index in [2.05, 4.69) is 52.6 Å². The van der Waals surface area contributed by atoms with Gasteiger partial charge in [-0.15, -0.1) is 24.0 Å². The number of methoxy groups -OCH3 is 1. The highest BCUT2D eigenvalue weighted by Gasteiger charge is 2.15. The highest BCUT2D eigenvalue weighted by atomic mass is 127. The molecule has 1 saturated heterocycles. The minimum atomic E-state index is 0. The van der Waals surface area contributed by atoms with Gasteiger partial charge >= 0.3 is 0 Å². The van der Waals surface area contributed by atoms with Crippen molar-refractivity contribution in [1.29, 1.82) is 0 Å². The number of hydrogen-bond donors (Lipinski definition) is 2. The van der Waals surface area contributed by atoms with Crippen molar-refractivity contribution in [2.75, 3.05) is 53.6 Å². The lowest BCUT2D eigenvalue weighted by molar-refractivity contribution is 0.171. The quantitative estimate of drug-likeness (QED) is 0.204. The van der Waals surface area contributed by atoms with Gasteiger partial charge in [-0.05, 0) is 50.4 Å². The fourth-order valence-electron chi connectivity index (χ4n) is 3.47. The summed E-state index contributed by atoms with van der Waals surface area (Å²) in [4.78, 5) is 6.92. The SMILES string of the molecule is CN=C(NCc1ccc(C)cc1OCCCOC)NCC(C)CN1CCCC1.I. The average molecular weight is 518 g/mol. The lowest BCUT2D eigenvalue weighted by atomic mass is 10.1. The van der Waals surface area contributed by atoms with Crippen molar-refractivity contribution < 1.29 is 9.47 Å². The summed E-state index contributed by atoms with van der Waals surface area (Å²) in [5.74, 6) is 2.36. The fourth-order valence-corrected chi connectivity index (χ4v) is 3.47. The Labute approximate surface area is 193 Å². The Balaban J connectivity index is 0.00000420. The third-order valence-electron chi connectivity index (χ3n) is 5.03. The zero-order chi connectivity index (χ0) is 20.2. The number of aliphatic imine (C=N–C) groups is 1. The van der Waals surface area contributed by atoms with Crippen LogP contribution >= 0.6 is 24.0 Å². The van der Waals surface area contributed by atoms with Crippen LogP contribution < -0.4 is 15.4 Å². The Morgan fingerprint density at radius 1 is 1.21 bits per heavy atom. The van der Waals surface area contributed by atoms with E-state index in [4.69, 9.17) is 9.47 Å². The first-order valence-corrected chi connectivity index (χ1v) is 10.5. The lowest BCUT2D eigenvalue weighted by Crippen LogP contribution is -2.41. The predicted octanol–water partition coefficient (Wildman–Crippen LogP) is 3.43. The number of nitrogens with one attached hydrogen (secondary N) is 2. The van der Waals surface area contributed by atoms with Crippen LogP contribution in [0.25, 0.3) is 0 Å². The fraction of sp³-hybridized carbons (Fsp3) is 0.682. The highest BCUT2D eigenvalue weighted by Crippen LogP contribution is 2.20. The van der Waals surface area contributed by atoms with Gasteiger partial charge in [0.2, 0.25) is 0 Å². The highest BCUT2D eigenvalue weighted by molar-refractivity contribution is 14.0. The van der Waals surface area contributed by atoms with Crippen molar-refractivity contribution in [3.63, 3.8) is 0 Å². The Bertz CT molecular complexity index is 606. The molecule has 0 bridgehead atoms. The van der Waals surface area contributed by atoms with Gasteiger partial charge in [-0.3, -0.25) is 4.99 Å². The van der Waals surface area contributed by atoms with Crippen LogP contribution in [0.1, 0.15) is 37.3 Å². The number of likely N-dealkylation sites (tertiary alicyclic amines) is 1. The van der Waals surface area contributed by atoms with E-state index in [-0.39, 0.29) is 24.0 Å². The smallest absolute Gasteiger partial charge is 0.191 e. The molecule has 29 heavy (non-hydrogen) atoms. The first-order chi connectivity index (χ1) is 13.6. The molecule has 7 heteroatoms. The van der Waals surface area contributed by atoms with Crippen molar-refractivity contribution in [3.8, 4) is 5.75 Å². The molecule has 0 saturated carbocycles. The first kappa shape index (κ1) is 26.0. The predicted molar refractivity (Wildman–Crippen MR) is 132 cm³/mol. The summed E-state index contributed by atoms with van der Waals surface area (Å²) in [6.45, 7) is 11.0. The van der Waals surface area contributed by atoms with E-state index < -0.39 is 0 Å². The Morgan fingerprint density at radius 2 is 1.97 bits per heavy atom. The molecule has 0 radical (unpaired) electrons. The van der Waals surface area contributed by atoms with Gasteiger partial charge in [0, 0.05) is 52.4 Å². The molecule has 1 fully saturated rings. The maximum Gasteiger partial charge on any atom is 0.191 e. The van der Waals surface area contributed by atoms with Gasteiger partial charge in [0.15, 0.2) is 5.96 Å². The molecule has 2 N–H and O–H groups in total. The van der Waals surface area contributed by atoms with Gasteiger partial charge in [0.25, 0.3) is 0 Å². The van der Waals surface area contributed by atoms with Crippen molar-refractivity contribution >= 4 is 29.9 Å². The zero-order valence-electron chi connectivity index (χ0n) is 18.5. The van der Waals surface area contributed by atoms with Crippen LogP contribution in [-0.2, 0) is 11.3 Å². The summed E-state index contributed by atoms with van der Waals surface area (Å²) in [5.41, 5.74) is 2.33. The van der Waals surface area contributed by atoms with Crippen LogP contribution in [0.4, 0.5) is 0 Å². The van der Waals surface area contributed by atoms with E-state index in [1.165, 1.54) is 31.5 Å². The third-order valence-corrected chi connectivity index (χ3v) is 5.03. The van der Waals surface area contributed by atoms with Gasteiger partial charge in [-0.1, -0.05) is 19.1 Å².